The number of benzene rings is 2. The van der Waals surface area contributed by atoms with Crippen LogP contribution in [0.15, 0.2) is 53.7 Å². The average Bonchev–Trinajstić information content (AvgIpc) is 3.01. The molecule has 1 aromatic heterocycles. The third-order valence-electron chi connectivity index (χ3n) is 5.05. The van der Waals surface area contributed by atoms with E-state index in [1.165, 1.54) is 16.8 Å². The summed E-state index contributed by atoms with van der Waals surface area (Å²) in [6.07, 6.45) is 3.32. The van der Waals surface area contributed by atoms with Crippen molar-refractivity contribution in [2.75, 3.05) is 0 Å². The fourth-order valence-electron chi connectivity index (χ4n) is 3.81. The Morgan fingerprint density at radius 2 is 2.04 bits per heavy atom. The van der Waals surface area contributed by atoms with Crippen LogP contribution in [0.2, 0.25) is 0 Å². The molecule has 0 aliphatic heterocycles. The van der Waals surface area contributed by atoms with Crippen molar-refractivity contribution in [1.82, 2.24) is 10.3 Å². The lowest BCUT2D eigenvalue weighted by atomic mass is 9.91. The molecule has 1 heterocycles. The molecule has 122 valence electrons. The van der Waals surface area contributed by atoms with Crippen molar-refractivity contribution in [2.24, 2.45) is 5.18 Å². The van der Waals surface area contributed by atoms with Gasteiger partial charge in [0.1, 0.15) is 5.69 Å². The van der Waals surface area contributed by atoms with Gasteiger partial charge in [-0.1, -0.05) is 30.3 Å². The number of nitrogens with one attached hydrogen (secondary N) is 2. The molecular weight excluding hydrogens is 298 g/mol. The topological polar surface area (TPSA) is 57.2 Å². The molecule has 1 aliphatic rings. The van der Waals surface area contributed by atoms with Gasteiger partial charge in [-0.25, -0.2) is 0 Å². The fraction of sp³-hybridized carbons (Fsp3) is 0.300. The van der Waals surface area contributed by atoms with Crippen LogP contribution in [0.5, 0.6) is 0 Å². The monoisotopic (exact) mass is 319 g/mol. The zero-order valence-electron chi connectivity index (χ0n) is 13.8. The van der Waals surface area contributed by atoms with Gasteiger partial charge in [-0.3, -0.25) is 0 Å². The summed E-state index contributed by atoms with van der Waals surface area (Å²) in [7, 11) is 0. The summed E-state index contributed by atoms with van der Waals surface area (Å²) in [4.78, 5) is 14.4. The SMILES string of the molecule is C[C@@H](NC1CCCc2c1[nH]c1ccc(N=O)cc21)c1ccccc1. The van der Waals surface area contributed by atoms with Crippen molar-refractivity contribution < 1.29 is 0 Å². The highest BCUT2D eigenvalue weighted by Crippen LogP contribution is 2.37. The number of hydrogen-bond acceptors (Lipinski definition) is 3. The normalized spacial score (nSPS) is 18.3. The quantitative estimate of drug-likeness (QED) is 0.642. The zero-order chi connectivity index (χ0) is 16.5. The Morgan fingerprint density at radius 1 is 1.21 bits per heavy atom. The van der Waals surface area contributed by atoms with Crippen LogP contribution in [0.25, 0.3) is 10.9 Å². The zero-order valence-corrected chi connectivity index (χ0v) is 13.8. The summed E-state index contributed by atoms with van der Waals surface area (Å²) in [6, 6.07) is 16.8. The number of aryl methyl sites for hydroxylation is 1. The van der Waals surface area contributed by atoms with Gasteiger partial charge in [0.15, 0.2) is 0 Å². The highest BCUT2D eigenvalue weighted by Gasteiger charge is 2.25. The van der Waals surface area contributed by atoms with Crippen LogP contribution in [-0.4, -0.2) is 4.98 Å². The molecular formula is C20H21N3O. The van der Waals surface area contributed by atoms with Gasteiger partial charge in [0.2, 0.25) is 0 Å². The summed E-state index contributed by atoms with van der Waals surface area (Å²) in [5, 5.41) is 7.98. The summed E-state index contributed by atoms with van der Waals surface area (Å²) < 4.78 is 0. The summed E-state index contributed by atoms with van der Waals surface area (Å²) in [5.74, 6) is 0. The number of rotatable bonds is 4. The Morgan fingerprint density at radius 3 is 2.83 bits per heavy atom. The smallest absolute Gasteiger partial charge is 0.108 e. The third-order valence-corrected chi connectivity index (χ3v) is 5.05. The number of hydrogen-bond donors (Lipinski definition) is 2. The highest BCUT2D eigenvalue weighted by molar-refractivity contribution is 5.87. The first-order chi connectivity index (χ1) is 11.8. The van der Waals surface area contributed by atoms with E-state index in [2.05, 4.69) is 46.7 Å². The molecule has 4 rings (SSSR count). The molecule has 0 radical (unpaired) electrons. The Balaban J connectivity index is 1.67. The summed E-state index contributed by atoms with van der Waals surface area (Å²) >= 11 is 0. The second kappa shape index (κ2) is 6.21. The molecule has 1 aliphatic carbocycles. The first-order valence-corrected chi connectivity index (χ1v) is 8.55. The van der Waals surface area contributed by atoms with E-state index >= 15 is 0 Å². The van der Waals surface area contributed by atoms with E-state index in [0.717, 1.165) is 30.2 Å². The number of H-pyrrole nitrogens is 1. The van der Waals surface area contributed by atoms with Crippen LogP contribution in [0.4, 0.5) is 5.69 Å². The molecule has 0 spiro atoms. The van der Waals surface area contributed by atoms with Crippen LogP contribution in [0.3, 0.4) is 0 Å². The molecule has 0 saturated carbocycles. The minimum atomic E-state index is 0.292. The lowest BCUT2D eigenvalue weighted by Crippen LogP contribution is -2.27. The third kappa shape index (κ3) is 2.63. The molecule has 0 bridgehead atoms. The van der Waals surface area contributed by atoms with E-state index in [1.54, 1.807) is 6.07 Å². The maximum Gasteiger partial charge on any atom is 0.108 e. The predicted molar refractivity (Wildman–Crippen MR) is 97.4 cm³/mol. The lowest BCUT2D eigenvalue weighted by molar-refractivity contribution is 0.410. The Labute approximate surface area is 141 Å². The van der Waals surface area contributed by atoms with Crippen LogP contribution >= 0.6 is 0 Å². The van der Waals surface area contributed by atoms with Gasteiger partial charge in [-0.15, -0.1) is 4.91 Å². The Kier molecular flexibility index (Phi) is 3.90. The Bertz CT molecular complexity index is 869. The second-order valence-corrected chi connectivity index (χ2v) is 6.58. The number of aromatic amines is 1. The predicted octanol–water partition coefficient (Wildman–Crippen LogP) is 5.29. The molecule has 2 aromatic carbocycles. The fourth-order valence-corrected chi connectivity index (χ4v) is 3.81. The van der Waals surface area contributed by atoms with Gasteiger partial charge < -0.3 is 10.3 Å². The van der Waals surface area contributed by atoms with Gasteiger partial charge in [0.25, 0.3) is 0 Å². The molecule has 24 heavy (non-hydrogen) atoms. The minimum absolute atomic E-state index is 0.292. The van der Waals surface area contributed by atoms with Crippen LogP contribution in [0, 0.1) is 4.91 Å². The summed E-state index contributed by atoms with van der Waals surface area (Å²) in [5.41, 5.74) is 5.49. The van der Waals surface area contributed by atoms with E-state index in [9.17, 15) is 4.91 Å². The maximum absolute atomic E-state index is 10.8. The van der Waals surface area contributed by atoms with Crippen LogP contribution < -0.4 is 5.32 Å². The first-order valence-electron chi connectivity index (χ1n) is 8.55. The van der Waals surface area contributed by atoms with Gasteiger partial charge in [0.05, 0.1) is 0 Å². The molecule has 2 atom stereocenters. The van der Waals surface area contributed by atoms with Crippen LogP contribution in [-0.2, 0) is 6.42 Å². The number of aromatic nitrogens is 1. The standard InChI is InChI=1S/C20H21N3O/c1-13(14-6-3-2-4-7-14)21-19-9-5-8-16-17-12-15(23-24)10-11-18(17)22-20(16)19/h2-4,6-7,10-13,19,21-22H,5,8-9H2,1H3/t13-,19?/m1/s1. The van der Waals surface area contributed by atoms with Gasteiger partial charge in [-0.2, -0.15) is 0 Å². The molecule has 0 saturated heterocycles. The second-order valence-electron chi connectivity index (χ2n) is 6.58. The number of fused-ring (bicyclic) bond motifs is 3. The lowest BCUT2D eigenvalue weighted by Gasteiger charge is -2.27. The largest absolute Gasteiger partial charge is 0.357 e. The van der Waals surface area contributed by atoms with E-state index in [4.69, 9.17) is 0 Å². The average molecular weight is 319 g/mol. The molecule has 2 N–H and O–H groups in total. The van der Waals surface area contributed by atoms with Crippen molar-refractivity contribution in [3.8, 4) is 0 Å². The van der Waals surface area contributed by atoms with Gasteiger partial charge in [-0.05, 0) is 60.7 Å². The van der Waals surface area contributed by atoms with E-state index in [-0.39, 0.29) is 0 Å². The molecule has 4 nitrogen and oxygen atoms in total. The van der Waals surface area contributed by atoms with Gasteiger partial charge in [0, 0.05) is 28.7 Å². The van der Waals surface area contributed by atoms with Gasteiger partial charge >= 0.3 is 0 Å². The molecule has 1 unspecified atom stereocenters. The summed E-state index contributed by atoms with van der Waals surface area (Å²) in [6.45, 7) is 2.21. The van der Waals surface area contributed by atoms with E-state index in [0.29, 0.717) is 17.8 Å². The van der Waals surface area contributed by atoms with Crippen molar-refractivity contribution in [3.05, 3.63) is 70.3 Å². The van der Waals surface area contributed by atoms with Crippen LogP contribution in [0.1, 0.15) is 48.7 Å². The van der Waals surface area contributed by atoms with Crippen molar-refractivity contribution in [2.45, 2.75) is 38.3 Å². The molecule has 0 fully saturated rings. The van der Waals surface area contributed by atoms with E-state index < -0.39 is 0 Å². The molecule has 0 amide bonds. The first kappa shape index (κ1) is 15.1. The highest BCUT2D eigenvalue weighted by atomic mass is 16.3. The van der Waals surface area contributed by atoms with Crippen molar-refractivity contribution in [1.29, 1.82) is 0 Å². The molecule has 3 aromatic rings. The van der Waals surface area contributed by atoms with Crippen molar-refractivity contribution in [3.63, 3.8) is 0 Å². The minimum Gasteiger partial charge on any atom is -0.357 e. The Hall–Kier alpha value is -2.46. The molecule has 4 heteroatoms. The number of nitroso groups, excluding NO2 is 1. The maximum atomic E-state index is 10.8. The van der Waals surface area contributed by atoms with Crippen molar-refractivity contribution >= 4 is 16.6 Å². The number of nitrogens with zero attached hydrogens (tertiary/aromatic N) is 1. The van der Waals surface area contributed by atoms with E-state index in [1.807, 2.05) is 18.2 Å².